The first-order valence-corrected chi connectivity index (χ1v) is 6.24. The normalized spacial score (nSPS) is 11.9. The Balaban J connectivity index is 4.03. The van der Waals surface area contributed by atoms with Crippen molar-refractivity contribution in [1.82, 2.24) is 4.31 Å². The average molecular weight is 239 g/mol. The zero-order valence-electron chi connectivity index (χ0n) is 8.97. The van der Waals surface area contributed by atoms with Crippen molar-refractivity contribution in [3.05, 3.63) is 0 Å². The molecular weight excluding hydrogens is 222 g/mol. The fourth-order valence-electron chi connectivity index (χ4n) is 0.857. The van der Waals surface area contributed by atoms with E-state index in [4.69, 9.17) is 9.84 Å². The summed E-state index contributed by atoms with van der Waals surface area (Å²) < 4.78 is 28.9. The minimum absolute atomic E-state index is 0.0101. The zero-order valence-corrected chi connectivity index (χ0v) is 9.79. The number of ether oxygens (including phenoxy) is 1. The SMILES string of the molecule is CCOCCS(=O)(=O)N(C)CCC(=O)O. The van der Waals surface area contributed by atoms with Crippen LogP contribution in [0.4, 0.5) is 0 Å². The molecule has 6 nitrogen and oxygen atoms in total. The van der Waals surface area contributed by atoms with Crippen molar-refractivity contribution in [2.45, 2.75) is 13.3 Å². The van der Waals surface area contributed by atoms with Crippen LogP contribution in [0, 0.1) is 0 Å². The number of hydrogen-bond acceptors (Lipinski definition) is 4. The van der Waals surface area contributed by atoms with Gasteiger partial charge in [-0.05, 0) is 6.92 Å². The molecule has 0 heterocycles. The Kier molecular flexibility index (Phi) is 6.46. The van der Waals surface area contributed by atoms with E-state index in [2.05, 4.69) is 0 Å². The molecule has 15 heavy (non-hydrogen) atoms. The fourth-order valence-corrected chi connectivity index (χ4v) is 1.87. The van der Waals surface area contributed by atoms with E-state index in [1.54, 1.807) is 6.92 Å². The lowest BCUT2D eigenvalue weighted by Gasteiger charge is -2.15. The summed E-state index contributed by atoms with van der Waals surface area (Å²) in [4.78, 5) is 10.2. The summed E-state index contributed by atoms with van der Waals surface area (Å²) in [6.07, 6.45) is -0.190. The molecule has 1 N–H and O–H groups in total. The Morgan fingerprint density at radius 2 is 2.07 bits per heavy atom. The molecule has 0 unspecified atom stereocenters. The van der Waals surface area contributed by atoms with Crippen LogP contribution >= 0.6 is 0 Å². The number of rotatable bonds is 8. The van der Waals surface area contributed by atoms with Gasteiger partial charge in [-0.1, -0.05) is 0 Å². The lowest BCUT2D eigenvalue weighted by atomic mass is 10.4. The molecule has 0 spiro atoms. The Bertz CT molecular complexity index is 287. The Labute approximate surface area is 89.9 Å². The highest BCUT2D eigenvalue weighted by Crippen LogP contribution is 1.99. The number of sulfonamides is 1. The Morgan fingerprint density at radius 1 is 1.47 bits per heavy atom. The average Bonchev–Trinajstić information content (AvgIpc) is 2.14. The number of carbonyl (C=O) groups is 1. The van der Waals surface area contributed by atoms with E-state index >= 15 is 0 Å². The predicted molar refractivity (Wildman–Crippen MR) is 55.2 cm³/mol. The number of carboxylic acid groups (broad SMARTS) is 1. The largest absolute Gasteiger partial charge is 0.481 e. The maximum atomic E-state index is 11.5. The lowest BCUT2D eigenvalue weighted by molar-refractivity contribution is -0.137. The second kappa shape index (κ2) is 6.76. The van der Waals surface area contributed by atoms with Crippen molar-refractivity contribution >= 4 is 16.0 Å². The molecule has 0 aromatic heterocycles. The summed E-state index contributed by atoms with van der Waals surface area (Å²) in [5.74, 6) is -1.13. The number of carboxylic acids is 1. The lowest BCUT2D eigenvalue weighted by Crippen LogP contribution is -2.32. The quantitative estimate of drug-likeness (QED) is 0.591. The van der Waals surface area contributed by atoms with Gasteiger partial charge in [0.1, 0.15) is 0 Å². The van der Waals surface area contributed by atoms with Gasteiger partial charge in [-0.2, -0.15) is 0 Å². The van der Waals surface area contributed by atoms with Crippen molar-refractivity contribution < 1.29 is 23.1 Å². The standard InChI is InChI=1S/C8H17NO5S/c1-3-14-6-7-15(12,13)9(2)5-4-8(10)11/h3-7H2,1-2H3,(H,10,11). The second-order valence-electron chi connectivity index (χ2n) is 2.98. The smallest absolute Gasteiger partial charge is 0.304 e. The fraction of sp³-hybridized carbons (Fsp3) is 0.875. The summed E-state index contributed by atoms with van der Waals surface area (Å²) in [6.45, 7) is 2.37. The molecule has 0 rings (SSSR count). The Hall–Kier alpha value is -0.660. The van der Waals surface area contributed by atoms with Crippen molar-refractivity contribution in [3.8, 4) is 0 Å². The first kappa shape index (κ1) is 14.3. The molecule has 0 radical (unpaired) electrons. The van der Waals surface area contributed by atoms with E-state index in [-0.39, 0.29) is 25.3 Å². The summed E-state index contributed by atoms with van der Waals surface area (Å²) in [5, 5.41) is 8.40. The van der Waals surface area contributed by atoms with Gasteiger partial charge in [-0.3, -0.25) is 4.79 Å². The molecule has 0 aliphatic heterocycles. The third-order valence-corrected chi connectivity index (χ3v) is 3.62. The number of aliphatic carboxylic acids is 1. The molecule has 0 saturated heterocycles. The van der Waals surface area contributed by atoms with Gasteiger partial charge in [0.15, 0.2) is 0 Å². The highest BCUT2D eigenvalue weighted by molar-refractivity contribution is 7.89. The van der Waals surface area contributed by atoms with E-state index in [0.29, 0.717) is 6.61 Å². The molecular formula is C8H17NO5S. The molecule has 90 valence electrons. The molecule has 0 aromatic carbocycles. The van der Waals surface area contributed by atoms with Crippen LogP contribution in [0.1, 0.15) is 13.3 Å². The van der Waals surface area contributed by atoms with Crippen LogP contribution < -0.4 is 0 Å². The van der Waals surface area contributed by atoms with Crippen LogP contribution in [0.25, 0.3) is 0 Å². The van der Waals surface area contributed by atoms with Gasteiger partial charge >= 0.3 is 5.97 Å². The van der Waals surface area contributed by atoms with Crippen molar-refractivity contribution in [1.29, 1.82) is 0 Å². The third kappa shape index (κ3) is 6.43. The predicted octanol–water partition coefficient (Wildman–Crippen LogP) is -0.241. The van der Waals surface area contributed by atoms with Crippen LogP contribution in [-0.4, -0.2) is 56.4 Å². The summed E-state index contributed by atoms with van der Waals surface area (Å²) >= 11 is 0. The topological polar surface area (TPSA) is 83.9 Å². The van der Waals surface area contributed by atoms with E-state index in [1.807, 2.05) is 0 Å². The van der Waals surface area contributed by atoms with Gasteiger partial charge in [0.05, 0.1) is 18.8 Å². The molecule has 0 aliphatic carbocycles. The first-order valence-electron chi connectivity index (χ1n) is 4.63. The van der Waals surface area contributed by atoms with Crippen molar-refractivity contribution in [2.75, 3.05) is 32.6 Å². The molecule has 0 fully saturated rings. The molecule has 0 aliphatic rings. The van der Waals surface area contributed by atoms with Crippen LogP contribution in [0.2, 0.25) is 0 Å². The molecule has 0 amide bonds. The van der Waals surface area contributed by atoms with E-state index in [0.717, 1.165) is 4.31 Å². The minimum Gasteiger partial charge on any atom is -0.481 e. The van der Waals surface area contributed by atoms with Crippen molar-refractivity contribution in [2.24, 2.45) is 0 Å². The third-order valence-electron chi connectivity index (χ3n) is 1.81. The van der Waals surface area contributed by atoms with Crippen LogP contribution in [-0.2, 0) is 19.6 Å². The van der Waals surface area contributed by atoms with Gasteiger partial charge in [-0.25, -0.2) is 12.7 Å². The number of hydrogen-bond donors (Lipinski definition) is 1. The van der Waals surface area contributed by atoms with Crippen LogP contribution in [0.5, 0.6) is 0 Å². The van der Waals surface area contributed by atoms with E-state index in [9.17, 15) is 13.2 Å². The van der Waals surface area contributed by atoms with Gasteiger partial charge in [-0.15, -0.1) is 0 Å². The molecule has 0 atom stereocenters. The van der Waals surface area contributed by atoms with E-state index < -0.39 is 16.0 Å². The highest BCUT2D eigenvalue weighted by atomic mass is 32.2. The maximum Gasteiger partial charge on any atom is 0.304 e. The second-order valence-corrected chi connectivity index (χ2v) is 5.17. The maximum absolute atomic E-state index is 11.5. The highest BCUT2D eigenvalue weighted by Gasteiger charge is 2.17. The minimum atomic E-state index is -3.38. The van der Waals surface area contributed by atoms with E-state index in [1.165, 1.54) is 7.05 Å². The summed E-state index contributed by atoms with van der Waals surface area (Å²) in [7, 11) is -2.02. The summed E-state index contributed by atoms with van der Waals surface area (Å²) in [6, 6.07) is 0. The van der Waals surface area contributed by atoms with Gasteiger partial charge in [0.2, 0.25) is 10.0 Å². The molecule has 0 saturated carbocycles. The number of nitrogens with zero attached hydrogens (tertiary/aromatic N) is 1. The Morgan fingerprint density at radius 3 is 2.53 bits per heavy atom. The van der Waals surface area contributed by atoms with Gasteiger partial charge in [0, 0.05) is 20.2 Å². The molecule has 0 aromatic rings. The summed E-state index contributed by atoms with van der Waals surface area (Å²) in [5.41, 5.74) is 0. The zero-order chi connectivity index (χ0) is 11.9. The van der Waals surface area contributed by atoms with Gasteiger partial charge < -0.3 is 9.84 Å². The van der Waals surface area contributed by atoms with Crippen LogP contribution in [0.15, 0.2) is 0 Å². The van der Waals surface area contributed by atoms with Crippen LogP contribution in [0.3, 0.4) is 0 Å². The molecule has 7 heteroatoms. The molecule has 0 bridgehead atoms. The first-order chi connectivity index (χ1) is 6.90. The monoisotopic (exact) mass is 239 g/mol. The van der Waals surface area contributed by atoms with Crippen molar-refractivity contribution in [3.63, 3.8) is 0 Å². The van der Waals surface area contributed by atoms with Gasteiger partial charge in [0.25, 0.3) is 0 Å².